The topological polar surface area (TPSA) is 57.9 Å². The van der Waals surface area contributed by atoms with E-state index in [9.17, 15) is 16.7 Å². The van der Waals surface area contributed by atoms with Gasteiger partial charge in [0, 0.05) is 0 Å². The van der Waals surface area contributed by atoms with Crippen LogP contribution in [0.5, 0.6) is 0 Å². The summed E-state index contributed by atoms with van der Waals surface area (Å²) < 4.78 is 45.4. The average molecular weight is 217 g/mol. The van der Waals surface area contributed by atoms with E-state index in [1.165, 1.54) is 0 Å². The Balaban J connectivity index is 3.17. The van der Waals surface area contributed by atoms with Gasteiger partial charge in [0.05, 0.1) is 11.6 Å². The normalized spacial score (nSPS) is 10.9. The first-order valence-corrected chi connectivity index (χ1v) is 5.08. The highest BCUT2D eigenvalue weighted by Crippen LogP contribution is 2.14. The minimum Gasteiger partial charge on any atom is -0.207 e. The number of hydrogen-bond donors (Lipinski definition) is 0. The Hall–Kier alpha value is -1.48. The Morgan fingerprint density at radius 1 is 1.43 bits per heavy atom. The van der Waals surface area contributed by atoms with Gasteiger partial charge in [-0.15, -0.1) is 3.89 Å². The summed E-state index contributed by atoms with van der Waals surface area (Å²) >= 11 is 0. The van der Waals surface area contributed by atoms with E-state index in [2.05, 4.69) is 0 Å². The van der Waals surface area contributed by atoms with Gasteiger partial charge in [0.1, 0.15) is 11.6 Å². The van der Waals surface area contributed by atoms with Crippen molar-refractivity contribution in [3.05, 3.63) is 35.1 Å². The summed E-state index contributed by atoms with van der Waals surface area (Å²) in [5, 5.41) is 8.51. The minimum atomic E-state index is -4.70. The van der Waals surface area contributed by atoms with Gasteiger partial charge in [-0.2, -0.15) is 13.7 Å². The van der Waals surface area contributed by atoms with Crippen molar-refractivity contribution in [2.45, 2.75) is 5.75 Å². The summed E-state index contributed by atoms with van der Waals surface area (Å²) in [5.74, 6) is -1.57. The van der Waals surface area contributed by atoms with Crippen molar-refractivity contribution in [2.75, 3.05) is 0 Å². The van der Waals surface area contributed by atoms with Gasteiger partial charge in [-0.1, -0.05) is 6.07 Å². The van der Waals surface area contributed by atoms with E-state index in [0.717, 1.165) is 18.2 Å². The van der Waals surface area contributed by atoms with Crippen molar-refractivity contribution in [1.29, 1.82) is 5.26 Å². The summed E-state index contributed by atoms with van der Waals surface area (Å²) in [6.07, 6.45) is 0. The van der Waals surface area contributed by atoms with Crippen LogP contribution in [0.4, 0.5) is 8.28 Å². The fourth-order valence-corrected chi connectivity index (χ4v) is 1.59. The predicted molar refractivity (Wildman–Crippen MR) is 44.8 cm³/mol. The van der Waals surface area contributed by atoms with Crippen LogP contribution >= 0.6 is 0 Å². The van der Waals surface area contributed by atoms with Crippen molar-refractivity contribution in [2.24, 2.45) is 0 Å². The third-order valence-electron chi connectivity index (χ3n) is 1.52. The van der Waals surface area contributed by atoms with E-state index in [0.29, 0.717) is 0 Å². The highest BCUT2D eigenvalue weighted by molar-refractivity contribution is 7.85. The Labute approximate surface area is 79.8 Å². The fraction of sp³-hybridized carbons (Fsp3) is 0.125. The first kappa shape index (κ1) is 10.6. The Kier molecular flexibility index (Phi) is 2.81. The molecule has 0 N–H and O–H groups in total. The first-order valence-electron chi connectivity index (χ1n) is 3.53. The van der Waals surface area contributed by atoms with Gasteiger partial charge < -0.3 is 0 Å². The Morgan fingerprint density at radius 3 is 2.57 bits per heavy atom. The number of hydrogen-bond acceptors (Lipinski definition) is 3. The highest BCUT2D eigenvalue weighted by Gasteiger charge is 2.12. The summed E-state index contributed by atoms with van der Waals surface area (Å²) in [6.45, 7) is 0. The van der Waals surface area contributed by atoms with Crippen LogP contribution in [-0.4, -0.2) is 8.42 Å². The van der Waals surface area contributed by atoms with Crippen LogP contribution in [0.1, 0.15) is 11.1 Å². The fourth-order valence-electron chi connectivity index (χ4n) is 0.964. The summed E-state index contributed by atoms with van der Waals surface area (Å²) in [5.41, 5.74) is -0.220. The van der Waals surface area contributed by atoms with E-state index >= 15 is 0 Å². The molecule has 0 saturated heterocycles. The Morgan fingerprint density at radius 2 is 2.07 bits per heavy atom. The lowest BCUT2D eigenvalue weighted by molar-refractivity contribution is 0.551. The van der Waals surface area contributed by atoms with Gasteiger partial charge in [0.25, 0.3) is 0 Å². The monoisotopic (exact) mass is 217 g/mol. The van der Waals surface area contributed by atoms with Crippen molar-refractivity contribution in [3.8, 4) is 6.07 Å². The zero-order chi connectivity index (χ0) is 10.8. The molecular formula is C8H5F2NO2S. The lowest BCUT2D eigenvalue weighted by Crippen LogP contribution is -1.99. The Bertz CT molecular complexity index is 491. The quantitative estimate of drug-likeness (QED) is 0.705. The smallest absolute Gasteiger partial charge is 0.207 e. The van der Waals surface area contributed by atoms with Gasteiger partial charge in [0.2, 0.25) is 0 Å². The van der Waals surface area contributed by atoms with Gasteiger partial charge in [0.15, 0.2) is 0 Å². The van der Waals surface area contributed by atoms with Crippen LogP contribution in [-0.2, 0) is 16.0 Å². The molecule has 0 aliphatic rings. The number of rotatable bonds is 2. The molecule has 6 heteroatoms. The second-order valence-electron chi connectivity index (χ2n) is 2.60. The average Bonchev–Trinajstić information content (AvgIpc) is 2.06. The molecule has 0 unspecified atom stereocenters. The summed E-state index contributed by atoms with van der Waals surface area (Å²) in [7, 11) is -4.70. The van der Waals surface area contributed by atoms with Crippen LogP contribution in [0.25, 0.3) is 0 Å². The first-order chi connectivity index (χ1) is 6.42. The molecule has 0 radical (unpaired) electrons. The molecular weight excluding hydrogens is 212 g/mol. The van der Waals surface area contributed by atoms with Crippen molar-refractivity contribution >= 4 is 10.2 Å². The molecule has 1 aromatic carbocycles. The van der Waals surface area contributed by atoms with E-state index in [1.54, 1.807) is 6.07 Å². The number of halogens is 2. The molecule has 0 aromatic heterocycles. The number of benzene rings is 1. The maximum Gasteiger partial charge on any atom is 0.306 e. The molecule has 0 saturated carbocycles. The van der Waals surface area contributed by atoms with Crippen LogP contribution < -0.4 is 0 Å². The molecule has 74 valence electrons. The lowest BCUT2D eigenvalue weighted by atomic mass is 10.1. The molecule has 0 fully saturated rings. The molecule has 0 spiro atoms. The third-order valence-corrected chi connectivity index (χ3v) is 2.18. The van der Waals surface area contributed by atoms with Gasteiger partial charge in [-0.05, 0) is 17.7 Å². The molecule has 1 aromatic rings. The van der Waals surface area contributed by atoms with E-state index < -0.39 is 21.8 Å². The molecule has 0 aliphatic carbocycles. The minimum absolute atomic E-state index is 0.0450. The molecule has 0 aliphatic heterocycles. The standard InChI is InChI=1S/C8H5F2NO2S/c9-8-2-1-6(5-14(10,12)13)7(3-8)4-11/h1-3H,5H2. The zero-order valence-electron chi connectivity index (χ0n) is 6.87. The lowest BCUT2D eigenvalue weighted by Gasteiger charge is -1.99. The molecule has 3 nitrogen and oxygen atoms in total. The second kappa shape index (κ2) is 3.72. The molecule has 1 rings (SSSR count). The highest BCUT2D eigenvalue weighted by atomic mass is 32.3. The van der Waals surface area contributed by atoms with E-state index in [1.807, 2.05) is 0 Å². The zero-order valence-corrected chi connectivity index (χ0v) is 7.68. The predicted octanol–water partition coefficient (Wildman–Crippen LogP) is 1.50. The maximum atomic E-state index is 12.6. The van der Waals surface area contributed by atoms with Crippen LogP contribution in [0.3, 0.4) is 0 Å². The van der Waals surface area contributed by atoms with Crippen molar-refractivity contribution < 1.29 is 16.7 Å². The van der Waals surface area contributed by atoms with Crippen LogP contribution in [0.15, 0.2) is 18.2 Å². The molecule has 0 bridgehead atoms. The molecule has 0 heterocycles. The van der Waals surface area contributed by atoms with Gasteiger partial charge in [-0.25, -0.2) is 4.39 Å². The van der Waals surface area contributed by atoms with E-state index in [-0.39, 0.29) is 11.1 Å². The largest absolute Gasteiger partial charge is 0.306 e. The summed E-state index contributed by atoms with van der Waals surface area (Å²) in [4.78, 5) is 0. The second-order valence-corrected chi connectivity index (χ2v) is 3.96. The van der Waals surface area contributed by atoms with E-state index in [4.69, 9.17) is 5.26 Å². The van der Waals surface area contributed by atoms with Gasteiger partial charge in [-0.3, -0.25) is 0 Å². The molecule has 0 atom stereocenters. The van der Waals surface area contributed by atoms with Crippen LogP contribution in [0.2, 0.25) is 0 Å². The third kappa shape index (κ3) is 2.78. The SMILES string of the molecule is N#Cc1cc(F)ccc1CS(=O)(=O)F. The summed E-state index contributed by atoms with van der Waals surface area (Å²) in [6, 6.07) is 4.50. The number of nitriles is 1. The molecule has 14 heavy (non-hydrogen) atoms. The maximum absolute atomic E-state index is 12.6. The van der Waals surface area contributed by atoms with Gasteiger partial charge >= 0.3 is 10.2 Å². The number of nitrogens with zero attached hydrogens (tertiary/aromatic N) is 1. The van der Waals surface area contributed by atoms with Crippen molar-refractivity contribution in [3.63, 3.8) is 0 Å². The van der Waals surface area contributed by atoms with Crippen molar-refractivity contribution in [1.82, 2.24) is 0 Å². The van der Waals surface area contributed by atoms with Crippen LogP contribution in [0, 0.1) is 17.1 Å². The molecule has 0 amide bonds.